The molecule has 1 aliphatic heterocycles. The predicted octanol–water partition coefficient (Wildman–Crippen LogP) is 1.96. The minimum atomic E-state index is 0.300. The Bertz CT molecular complexity index is 425. The fourth-order valence-corrected chi connectivity index (χ4v) is 2.48. The molecule has 21 heavy (non-hydrogen) atoms. The third-order valence-electron chi connectivity index (χ3n) is 3.93. The summed E-state index contributed by atoms with van der Waals surface area (Å²) >= 11 is 0. The molecule has 6 heteroatoms. The molecule has 1 fully saturated rings. The lowest BCUT2D eigenvalue weighted by atomic mass is 10.1. The summed E-state index contributed by atoms with van der Waals surface area (Å²) in [5, 5.41) is 3.50. The molecule has 0 aliphatic carbocycles. The summed E-state index contributed by atoms with van der Waals surface area (Å²) in [6, 6.07) is 0.463. The molecule has 1 saturated heterocycles. The van der Waals surface area contributed by atoms with Crippen LogP contribution in [0.2, 0.25) is 0 Å². The van der Waals surface area contributed by atoms with Crippen LogP contribution in [0.4, 0.5) is 11.9 Å². The number of nitrogens with one attached hydrogen (secondary N) is 1. The number of likely N-dealkylation sites (tertiary alicyclic amines) is 1. The third-order valence-corrected chi connectivity index (χ3v) is 3.93. The lowest BCUT2D eigenvalue weighted by molar-refractivity contribution is 0.229. The Kier molecular flexibility index (Phi) is 5.33. The predicted molar refractivity (Wildman–Crippen MR) is 87.0 cm³/mol. The maximum atomic E-state index is 4.57. The summed E-state index contributed by atoms with van der Waals surface area (Å²) in [4.78, 5) is 18.0. The molecule has 2 rings (SSSR count). The van der Waals surface area contributed by atoms with Crippen molar-refractivity contribution in [1.29, 1.82) is 0 Å². The van der Waals surface area contributed by atoms with Crippen LogP contribution in [0.25, 0.3) is 0 Å². The summed E-state index contributed by atoms with van der Waals surface area (Å²) in [7, 11) is 3.92. The molecule has 0 aromatic carbocycles. The van der Waals surface area contributed by atoms with Gasteiger partial charge in [0.1, 0.15) is 5.82 Å². The van der Waals surface area contributed by atoms with Gasteiger partial charge in [-0.1, -0.05) is 20.8 Å². The number of hydrogen-bond acceptors (Lipinski definition) is 6. The molecule has 0 radical (unpaired) electrons. The normalized spacial score (nSPS) is 17.2. The van der Waals surface area contributed by atoms with Gasteiger partial charge in [-0.3, -0.25) is 0 Å². The first-order valence-corrected chi connectivity index (χ1v) is 7.91. The quantitative estimate of drug-likeness (QED) is 0.895. The first-order valence-electron chi connectivity index (χ1n) is 7.91. The van der Waals surface area contributed by atoms with Gasteiger partial charge in [-0.05, 0) is 19.4 Å². The Morgan fingerprint density at radius 1 is 1.19 bits per heavy atom. The number of rotatable bonds is 5. The zero-order chi connectivity index (χ0) is 15.4. The highest BCUT2D eigenvalue weighted by atomic mass is 15.3. The van der Waals surface area contributed by atoms with Crippen LogP contribution in [-0.2, 0) is 0 Å². The maximum absolute atomic E-state index is 4.57. The minimum absolute atomic E-state index is 0.300. The van der Waals surface area contributed by atoms with E-state index in [-0.39, 0.29) is 0 Å². The van der Waals surface area contributed by atoms with E-state index in [4.69, 9.17) is 0 Å². The van der Waals surface area contributed by atoms with Crippen LogP contribution < -0.4 is 10.2 Å². The second-order valence-electron chi connectivity index (χ2n) is 6.22. The lowest BCUT2D eigenvalue weighted by Crippen LogP contribution is -2.39. The monoisotopic (exact) mass is 292 g/mol. The van der Waals surface area contributed by atoms with Crippen molar-refractivity contribution in [3.8, 4) is 0 Å². The van der Waals surface area contributed by atoms with E-state index in [1.54, 1.807) is 0 Å². The number of aromatic nitrogens is 3. The molecule has 1 aromatic heterocycles. The number of nitrogens with zero attached hydrogens (tertiary/aromatic N) is 5. The second kappa shape index (κ2) is 7.02. The fraction of sp³-hybridized carbons (Fsp3) is 0.800. The lowest BCUT2D eigenvalue weighted by Gasteiger charge is -2.31. The molecule has 1 aliphatic rings. The molecule has 1 N–H and O–H groups in total. The van der Waals surface area contributed by atoms with E-state index in [1.165, 1.54) is 0 Å². The van der Waals surface area contributed by atoms with Gasteiger partial charge in [-0.15, -0.1) is 0 Å². The third kappa shape index (κ3) is 4.27. The molecule has 0 atom stereocenters. The minimum Gasteiger partial charge on any atom is -0.351 e. The number of anilines is 2. The zero-order valence-corrected chi connectivity index (χ0v) is 13.9. The van der Waals surface area contributed by atoms with Gasteiger partial charge in [-0.2, -0.15) is 15.0 Å². The van der Waals surface area contributed by atoms with Crippen LogP contribution in [0.3, 0.4) is 0 Å². The molecule has 0 spiro atoms. The van der Waals surface area contributed by atoms with Gasteiger partial charge in [0.05, 0.1) is 0 Å². The molecule has 2 heterocycles. The van der Waals surface area contributed by atoms with Crippen molar-refractivity contribution in [3.63, 3.8) is 0 Å². The van der Waals surface area contributed by atoms with Gasteiger partial charge in [0.25, 0.3) is 0 Å². The van der Waals surface area contributed by atoms with Crippen molar-refractivity contribution in [2.24, 2.45) is 0 Å². The largest absolute Gasteiger partial charge is 0.351 e. The Morgan fingerprint density at radius 2 is 1.86 bits per heavy atom. The van der Waals surface area contributed by atoms with Crippen molar-refractivity contribution in [1.82, 2.24) is 19.9 Å². The molecule has 0 bridgehead atoms. The van der Waals surface area contributed by atoms with Crippen LogP contribution in [0.5, 0.6) is 0 Å². The average Bonchev–Trinajstić information content (AvgIpc) is 2.47. The van der Waals surface area contributed by atoms with Gasteiger partial charge in [0.15, 0.2) is 0 Å². The van der Waals surface area contributed by atoms with Crippen molar-refractivity contribution >= 4 is 11.9 Å². The summed E-state index contributed by atoms with van der Waals surface area (Å²) in [6.45, 7) is 9.88. The molecule has 6 nitrogen and oxygen atoms in total. The van der Waals surface area contributed by atoms with Crippen LogP contribution in [0.1, 0.15) is 45.4 Å². The van der Waals surface area contributed by atoms with Gasteiger partial charge in [-0.25, -0.2) is 0 Å². The highest BCUT2D eigenvalue weighted by Crippen LogP contribution is 2.18. The summed E-state index contributed by atoms with van der Waals surface area (Å²) < 4.78 is 0. The highest BCUT2D eigenvalue weighted by molar-refractivity contribution is 5.37. The zero-order valence-electron chi connectivity index (χ0n) is 13.9. The van der Waals surface area contributed by atoms with E-state index in [0.717, 1.165) is 44.2 Å². The molecule has 1 aromatic rings. The van der Waals surface area contributed by atoms with Crippen molar-refractivity contribution in [2.45, 2.75) is 45.6 Å². The fourth-order valence-electron chi connectivity index (χ4n) is 2.48. The Labute approximate surface area is 128 Å². The summed E-state index contributed by atoms with van der Waals surface area (Å²) in [5.41, 5.74) is 0. The van der Waals surface area contributed by atoms with E-state index in [9.17, 15) is 0 Å². The summed E-state index contributed by atoms with van der Waals surface area (Å²) in [5.74, 6) is 2.59. The topological polar surface area (TPSA) is 57.2 Å². The Hall–Kier alpha value is -1.43. The van der Waals surface area contributed by atoms with Gasteiger partial charge < -0.3 is 15.1 Å². The van der Waals surface area contributed by atoms with Crippen LogP contribution in [0.15, 0.2) is 0 Å². The van der Waals surface area contributed by atoms with Crippen LogP contribution in [0, 0.1) is 0 Å². The molecule has 0 unspecified atom stereocenters. The summed E-state index contributed by atoms with van der Waals surface area (Å²) in [6.07, 6.45) is 2.29. The van der Waals surface area contributed by atoms with E-state index in [2.05, 4.69) is 45.9 Å². The standard InChI is InChI=1S/C15H28N6/c1-6-21-9-7-12(8-10-21)16-14-17-13(11(2)3)18-15(19-14)20(4)5/h11-12H,6-10H2,1-5H3,(H,16,17,18,19). The van der Waals surface area contributed by atoms with Gasteiger partial charge in [0.2, 0.25) is 11.9 Å². The van der Waals surface area contributed by atoms with Gasteiger partial charge >= 0.3 is 0 Å². The molecule has 0 saturated carbocycles. The first kappa shape index (κ1) is 15.9. The molecule has 0 amide bonds. The second-order valence-corrected chi connectivity index (χ2v) is 6.22. The Balaban J connectivity index is 2.08. The molecular formula is C15H28N6. The number of hydrogen-bond donors (Lipinski definition) is 1. The van der Waals surface area contributed by atoms with Crippen molar-refractivity contribution < 1.29 is 0 Å². The molecule has 118 valence electrons. The first-order chi connectivity index (χ1) is 9.99. The Morgan fingerprint density at radius 3 is 2.38 bits per heavy atom. The van der Waals surface area contributed by atoms with Crippen molar-refractivity contribution in [2.75, 3.05) is 43.9 Å². The van der Waals surface area contributed by atoms with E-state index < -0.39 is 0 Å². The van der Waals surface area contributed by atoms with Crippen molar-refractivity contribution in [3.05, 3.63) is 5.82 Å². The molecular weight excluding hydrogens is 264 g/mol. The van der Waals surface area contributed by atoms with E-state index in [1.807, 2.05) is 19.0 Å². The highest BCUT2D eigenvalue weighted by Gasteiger charge is 2.19. The van der Waals surface area contributed by atoms with Gasteiger partial charge in [0, 0.05) is 39.1 Å². The van der Waals surface area contributed by atoms with Crippen LogP contribution in [-0.4, -0.2) is 59.6 Å². The maximum Gasteiger partial charge on any atom is 0.229 e. The van der Waals surface area contributed by atoms with E-state index in [0.29, 0.717) is 17.9 Å². The van der Waals surface area contributed by atoms with Crippen LogP contribution >= 0.6 is 0 Å². The average molecular weight is 292 g/mol. The van der Waals surface area contributed by atoms with E-state index >= 15 is 0 Å². The smallest absolute Gasteiger partial charge is 0.229 e. The SMILES string of the molecule is CCN1CCC(Nc2nc(C(C)C)nc(N(C)C)n2)CC1. The number of piperidine rings is 1.